The number of nitrogens with zero attached hydrogens (tertiary/aromatic N) is 4. The summed E-state index contributed by atoms with van der Waals surface area (Å²) in [6, 6.07) is 0. The van der Waals surface area contributed by atoms with E-state index in [1.54, 1.807) is 6.33 Å². The summed E-state index contributed by atoms with van der Waals surface area (Å²) < 4.78 is 7.79. The fraction of sp³-hybridized carbons (Fsp3) is 0.778. The average Bonchev–Trinajstić information content (AvgIpc) is 3.32. The van der Waals surface area contributed by atoms with E-state index in [9.17, 15) is 4.79 Å². The Morgan fingerprint density at radius 2 is 2.25 bits per heavy atom. The van der Waals surface area contributed by atoms with Crippen LogP contribution in [0, 0.1) is 11.3 Å². The van der Waals surface area contributed by atoms with Crippen LogP contribution in [-0.2, 0) is 11.8 Å². The summed E-state index contributed by atoms with van der Waals surface area (Å²) >= 11 is 0. The van der Waals surface area contributed by atoms with Crippen LogP contribution in [0.3, 0.4) is 0 Å². The molecule has 3 heterocycles. The van der Waals surface area contributed by atoms with Crippen LogP contribution >= 0.6 is 0 Å². The van der Waals surface area contributed by atoms with Crippen molar-refractivity contribution in [2.75, 3.05) is 45.9 Å². The molecule has 3 aliphatic rings. The van der Waals surface area contributed by atoms with Crippen LogP contribution in [0.5, 0.6) is 0 Å². The Hall–Kier alpha value is -1.40. The maximum atomic E-state index is 12.8. The minimum Gasteiger partial charge on any atom is -0.379 e. The molecule has 1 aliphatic carbocycles. The maximum Gasteiger partial charge on any atom is 0.274 e. The molecule has 24 heavy (non-hydrogen) atoms. The van der Waals surface area contributed by atoms with Crippen LogP contribution in [0.1, 0.15) is 36.2 Å². The molecule has 3 fully saturated rings. The van der Waals surface area contributed by atoms with E-state index in [1.165, 1.54) is 19.4 Å². The van der Waals surface area contributed by atoms with Gasteiger partial charge in [-0.1, -0.05) is 0 Å². The molecule has 1 saturated carbocycles. The van der Waals surface area contributed by atoms with Gasteiger partial charge in [-0.25, -0.2) is 4.98 Å². The monoisotopic (exact) mass is 332 g/mol. The first kappa shape index (κ1) is 16.1. The molecule has 1 aromatic rings. The number of aryl methyl sites for hydroxylation is 1. The lowest BCUT2D eigenvalue weighted by Gasteiger charge is -2.43. The topological polar surface area (TPSA) is 50.6 Å². The molecular weight excluding hydrogens is 304 g/mol. The SMILES string of the molecule is Cn1cnc(C(=O)N2CCCC3(COCCN(CC4CC4)C3)C2)c1. The van der Waals surface area contributed by atoms with Crippen LogP contribution < -0.4 is 0 Å². The lowest BCUT2D eigenvalue weighted by atomic mass is 9.80. The van der Waals surface area contributed by atoms with E-state index < -0.39 is 0 Å². The van der Waals surface area contributed by atoms with Crippen molar-refractivity contribution in [1.29, 1.82) is 0 Å². The molecule has 4 rings (SSSR count). The van der Waals surface area contributed by atoms with Crippen molar-refractivity contribution in [2.45, 2.75) is 25.7 Å². The highest BCUT2D eigenvalue weighted by Gasteiger charge is 2.41. The van der Waals surface area contributed by atoms with Crippen LogP contribution in [0.15, 0.2) is 12.5 Å². The summed E-state index contributed by atoms with van der Waals surface area (Å²) in [5.41, 5.74) is 0.646. The number of rotatable bonds is 3. The molecule has 0 aromatic carbocycles. The van der Waals surface area contributed by atoms with Gasteiger partial charge in [-0.15, -0.1) is 0 Å². The van der Waals surface area contributed by atoms with Gasteiger partial charge in [-0.2, -0.15) is 0 Å². The maximum absolute atomic E-state index is 12.8. The molecule has 2 aliphatic heterocycles. The number of piperidine rings is 1. The summed E-state index contributed by atoms with van der Waals surface area (Å²) in [7, 11) is 1.90. The van der Waals surface area contributed by atoms with E-state index in [1.807, 2.05) is 22.7 Å². The van der Waals surface area contributed by atoms with Gasteiger partial charge in [-0.05, 0) is 31.6 Å². The summed E-state index contributed by atoms with van der Waals surface area (Å²) in [6.45, 7) is 6.54. The zero-order valence-electron chi connectivity index (χ0n) is 14.6. The number of likely N-dealkylation sites (tertiary alicyclic amines) is 1. The predicted molar refractivity (Wildman–Crippen MR) is 90.8 cm³/mol. The molecule has 0 bridgehead atoms. The van der Waals surface area contributed by atoms with Crippen LogP contribution in [0.25, 0.3) is 0 Å². The standard InChI is InChI=1S/C18H28N4O2/c1-20-10-16(19-14-20)17(23)22-6-2-5-18(12-22)11-21(7-8-24-13-18)9-15-3-4-15/h10,14-15H,2-9,11-13H2,1H3. The minimum absolute atomic E-state index is 0.0627. The highest BCUT2D eigenvalue weighted by atomic mass is 16.5. The smallest absolute Gasteiger partial charge is 0.274 e. The van der Waals surface area contributed by atoms with Gasteiger partial charge in [-0.3, -0.25) is 4.79 Å². The molecule has 1 spiro atoms. The average molecular weight is 332 g/mol. The third-order valence-electron chi connectivity index (χ3n) is 5.61. The fourth-order valence-corrected chi connectivity index (χ4v) is 4.22. The second-order valence-corrected chi connectivity index (χ2v) is 7.99. The van der Waals surface area contributed by atoms with Gasteiger partial charge >= 0.3 is 0 Å². The molecule has 1 atom stereocenters. The first-order chi connectivity index (χ1) is 11.6. The molecule has 1 aromatic heterocycles. The Kier molecular flexibility index (Phi) is 4.35. The Bertz CT molecular complexity index is 598. The van der Waals surface area contributed by atoms with Gasteiger partial charge in [0, 0.05) is 51.4 Å². The number of aromatic nitrogens is 2. The van der Waals surface area contributed by atoms with Crippen molar-refractivity contribution in [2.24, 2.45) is 18.4 Å². The molecule has 0 N–H and O–H groups in total. The van der Waals surface area contributed by atoms with Gasteiger partial charge in [0.25, 0.3) is 5.91 Å². The minimum atomic E-state index is 0.0627. The van der Waals surface area contributed by atoms with Gasteiger partial charge in [0.1, 0.15) is 5.69 Å². The Balaban J connectivity index is 1.46. The lowest BCUT2D eigenvalue weighted by molar-refractivity contribution is 0.00696. The Morgan fingerprint density at radius 1 is 1.38 bits per heavy atom. The number of hydrogen-bond acceptors (Lipinski definition) is 4. The van der Waals surface area contributed by atoms with E-state index in [4.69, 9.17) is 4.74 Å². The molecule has 2 saturated heterocycles. The molecule has 0 radical (unpaired) electrons. The molecular formula is C18H28N4O2. The van der Waals surface area contributed by atoms with Gasteiger partial charge in [0.05, 0.1) is 19.5 Å². The van der Waals surface area contributed by atoms with Crippen molar-refractivity contribution < 1.29 is 9.53 Å². The first-order valence-corrected chi connectivity index (χ1v) is 9.21. The number of imidazole rings is 1. The van der Waals surface area contributed by atoms with E-state index in [0.29, 0.717) is 5.69 Å². The molecule has 132 valence electrons. The number of carbonyl (C=O) groups is 1. The quantitative estimate of drug-likeness (QED) is 0.839. The molecule has 6 heteroatoms. The first-order valence-electron chi connectivity index (χ1n) is 9.21. The fourth-order valence-electron chi connectivity index (χ4n) is 4.22. The number of carbonyl (C=O) groups excluding carboxylic acids is 1. The van der Waals surface area contributed by atoms with E-state index >= 15 is 0 Å². The van der Waals surface area contributed by atoms with Gasteiger partial charge in [0.15, 0.2) is 0 Å². The number of amides is 1. The van der Waals surface area contributed by atoms with Gasteiger partial charge < -0.3 is 19.1 Å². The van der Waals surface area contributed by atoms with Crippen LogP contribution in [0.4, 0.5) is 0 Å². The third kappa shape index (κ3) is 3.49. The molecule has 1 amide bonds. The largest absolute Gasteiger partial charge is 0.379 e. The zero-order valence-corrected chi connectivity index (χ0v) is 14.6. The highest BCUT2D eigenvalue weighted by Crippen LogP contribution is 2.36. The second-order valence-electron chi connectivity index (χ2n) is 7.99. The Labute approximate surface area is 143 Å². The predicted octanol–water partition coefficient (Wildman–Crippen LogP) is 1.38. The van der Waals surface area contributed by atoms with Crippen molar-refractivity contribution in [3.05, 3.63) is 18.2 Å². The Morgan fingerprint density at radius 3 is 3.00 bits per heavy atom. The number of hydrogen-bond donors (Lipinski definition) is 0. The zero-order chi connectivity index (χ0) is 16.6. The van der Waals surface area contributed by atoms with E-state index in [0.717, 1.165) is 58.2 Å². The molecule has 1 unspecified atom stereocenters. The van der Waals surface area contributed by atoms with E-state index in [2.05, 4.69) is 9.88 Å². The van der Waals surface area contributed by atoms with Crippen molar-refractivity contribution in [3.8, 4) is 0 Å². The summed E-state index contributed by atoms with van der Waals surface area (Å²) in [5.74, 6) is 0.961. The van der Waals surface area contributed by atoms with Gasteiger partial charge in [0.2, 0.25) is 0 Å². The van der Waals surface area contributed by atoms with Crippen LogP contribution in [0.2, 0.25) is 0 Å². The van der Waals surface area contributed by atoms with Crippen molar-refractivity contribution in [1.82, 2.24) is 19.4 Å². The van der Waals surface area contributed by atoms with Crippen molar-refractivity contribution in [3.63, 3.8) is 0 Å². The summed E-state index contributed by atoms with van der Waals surface area (Å²) in [4.78, 5) is 21.6. The van der Waals surface area contributed by atoms with E-state index in [-0.39, 0.29) is 11.3 Å². The van der Waals surface area contributed by atoms with Crippen molar-refractivity contribution >= 4 is 5.91 Å². The third-order valence-corrected chi connectivity index (χ3v) is 5.61. The summed E-state index contributed by atoms with van der Waals surface area (Å²) in [6.07, 6.45) is 8.48. The lowest BCUT2D eigenvalue weighted by Crippen LogP contribution is -2.52. The molecule has 6 nitrogen and oxygen atoms in total. The van der Waals surface area contributed by atoms with Crippen LogP contribution in [-0.4, -0.2) is 71.2 Å². The number of ether oxygens (including phenoxy) is 1. The second kappa shape index (κ2) is 6.48. The summed E-state index contributed by atoms with van der Waals surface area (Å²) in [5, 5.41) is 0. The highest BCUT2D eigenvalue weighted by molar-refractivity contribution is 5.92. The normalized spacial score (nSPS) is 29.0.